The second-order valence-electron chi connectivity index (χ2n) is 3.86. The molecule has 0 aliphatic rings. The van der Waals surface area contributed by atoms with E-state index in [0.29, 0.717) is 0 Å². The molecule has 0 fully saturated rings. The highest BCUT2D eigenvalue weighted by atomic mass is 16.5. The van der Waals surface area contributed by atoms with Crippen LogP contribution in [0, 0.1) is 0 Å². The van der Waals surface area contributed by atoms with E-state index in [1.165, 1.54) is 0 Å². The van der Waals surface area contributed by atoms with Gasteiger partial charge in [0.15, 0.2) is 0 Å². The molecule has 0 spiro atoms. The normalized spacial score (nSPS) is 12.1. The lowest BCUT2D eigenvalue weighted by atomic mass is 9.97. The van der Waals surface area contributed by atoms with Crippen LogP contribution in [-0.2, 0) is 4.74 Å². The number of rotatable bonds is 4. The summed E-state index contributed by atoms with van der Waals surface area (Å²) in [5.41, 5.74) is 3.42. The van der Waals surface area contributed by atoms with Gasteiger partial charge in [-0.1, -0.05) is 67.3 Å². The van der Waals surface area contributed by atoms with E-state index < -0.39 is 0 Å². The second kappa shape index (κ2) is 5.46. The van der Waals surface area contributed by atoms with Crippen molar-refractivity contribution in [2.75, 3.05) is 7.11 Å². The third kappa shape index (κ3) is 2.45. The Bertz CT molecular complexity index is 488. The maximum atomic E-state index is 5.62. The molecule has 86 valence electrons. The zero-order chi connectivity index (χ0) is 12.1. The van der Waals surface area contributed by atoms with E-state index in [1.807, 2.05) is 36.4 Å². The number of methoxy groups -OCH3 is 1. The Kier molecular flexibility index (Phi) is 3.73. The van der Waals surface area contributed by atoms with Crippen LogP contribution >= 0.6 is 0 Å². The highest BCUT2D eigenvalue weighted by molar-refractivity contribution is 5.54. The molecular weight excluding hydrogens is 208 g/mol. The van der Waals surface area contributed by atoms with Gasteiger partial charge in [-0.05, 0) is 16.7 Å². The molecular formula is C16H16O. The molecule has 1 unspecified atom stereocenters. The third-order valence-corrected chi connectivity index (χ3v) is 2.84. The van der Waals surface area contributed by atoms with Crippen molar-refractivity contribution in [2.24, 2.45) is 0 Å². The van der Waals surface area contributed by atoms with Gasteiger partial charge >= 0.3 is 0 Å². The number of hydrogen-bond donors (Lipinski definition) is 0. The Balaban J connectivity index is 2.46. The molecule has 0 radical (unpaired) electrons. The summed E-state index contributed by atoms with van der Waals surface area (Å²) in [6, 6.07) is 18.4. The fraction of sp³-hybridized carbons (Fsp3) is 0.125. The molecule has 0 saturated carbocycles. The summed E-state index contributed by atoms with van der Waals surface area (Å²) in [5, 5.41) is 0. The summed E-state index contributed by atoms with van der Waals surface area (Å²) < 4.78 is 5.62. The van der Waals surface area contributed by atoms with Crippen LogP contribution in [0.1, 0.15) is 22.8 Å². The first-order valence-electron chi connectivity index (χ1n) is 5.66. The fourth-order valence-electron chi connectivity index (χ4n) is 2.01. The van der Waals surface area contributed by atoms with Gasteiger partial charge < -0.3 is 4.74 Å². The first kappa shape index (κ1) is 11.6. The molecule has 2 rings (SSSR count). The van der Waals surface area contributed by atoms with E-state index in [1.54, 1.807) is 7.11 Å². The van der Waals surface area contributed by atoms with Crippen LogP contribution in [0.15, 0.2) is 61.2 Å². The summed E-state index contributed by atoms with van der Waals surface area (Å²) in [6.45, 7) is 3.85. The predicted octanol–water partition coefficient (Wildman–Crippen LogP) is 4.07. The molecule has 0 saturated heterocycles. The molecule has 1 heteroatoms. The van der Waals surface area contributed by atoms with Crippen LogP contribution in [0.2, 0.25) is 0 Å². The first-order valence-corrected chi connectivity index (χ1v) is 5.66. The SMILES string of the molecule is C=Cc1ccccc1C(OC)c1ccccc1. The van der Waals surface area contributed by atoms with Gasteiger partial charge in [-0.25, -0.2) is 0 Å². The number of hydrogen-bond acceptors (Lipinski definition) is 1. The van der Waals surface area contributed by atoms with Crippen molar-refractivity contribution in [1.29, 1.82) is 0 Å². The molecule has 0 aliphatic carbocycles. The van der Waals surface area contributed by atoms with Gasteiger partial charge in [0.1, 0.15) is 6.10 Å². The Morgan fingerprint density at radius 1 is 1.00 bits per heavy atom. The fourth-order valence-corrected chi connectivity index (χ4v) is 2.01. The van der Waals surface area contributed by atoms with Gasteiger partial charge in [-0.2, -0.15) is 0 Å². The molecule has 17 heavy (non-hydrogen) atoms. The van der Waals surface area contributed by atoms with Gasteiger partial charge in [0.05, 0.1) is 0 Å². The van der Waals surface area contributed by atoms with Crippen LogP contribution in [0.25, 0.3) is 6.08 Å². The number of ether oxygens (including phenoxy) is 1. The molecule has 1 nitrogen and oxygen atoms in total. The quantitative estimate of drug-likeness (QED) is 0.760. The topological polar surface area (TPSA) is 9.23 Å². The Morgan fingerprint density at radius 3 is 2.29 bits per heavy atom. The van der Waals surface area contributed by atoms with Crippen LogP contribution in [0.5, 0.6) is 0 Å². The Morgan fingerprint density at radius 2 is 1.65 bits per heavy atom. The van der Waals surface area contributed by atoms with E-state index in [4.69, 9.17) is 4.74 Å². The average Bonchev–Trinajstić information content (AvgIpc) is 2.41. The van der Waals surface area contributed by atoms with Gasteiger partial charge in [-0.15, -0.1) is 0 Å². The number of benzene rings is 2. The zero-order valence-electron chi connectivity index (χ0n) is 9.97. The summed E-state index contributed by atoms with van der Waals surface area (Å²) in [7, 11) is 1.73. The van der Waals surface area contributed by atoms with Crippen LogP contribution < -0.4 is 0 Å². The molecule has 0 amide bonds. The van der Waals surface area contributed by atoms with Gasteiger partial charge in [0, 0.05) is 7.11 Å². The van der Waals surface area contributed by atoms with Crippen molar-refractivity contribution in [3.8, 4) is 0 Å². The van der Waals surface area contributed by atoms with Crippen molar-refractivity contribution >= 4 is 6.08 Å². The largest absolute Gasteiger partial charge is 0.372 e. The molecule has 2 aromatic carbocycles. The van der Waals surface area contributed by atoms with E-state index in [9.17, 15) is 0 Å². The van der Waals surface area contributed by atoms with Crippen molar-refractivity contribution in [1.82, 2.24) is 0 Å². The summed E-state index contributed by atoms with van der Waals surface area (Å²) >= 11 is 0. The monoisotopic (exact) mass is 224 g/mol. The van der Waals surface area contributed by atoms with Gasteiger partial charge in [0.25, 0.3) is 0 Å². The van der Waals surface area contributed by atoms with Crippen LogP contribution in [-0.4, -0.2) is 7.11 Å². The van der Waals surface area contributed by atoms with Crippen molar-refractivity contribution < 1.29 is 4.74 Å². The molecule has 0 aliphatic heterocycles. The summed E-state index contributed by atoms with van der Waals surface area (Å²) in [6.07, 6.45) is 1.83. The molecule has 1 atom stereocenters. The predicted molar refractivity (Wildman–Crippen MR) is 71.8 cm³/mol. The van der Waals surface area contributed by atoms with E-state index in [-0.39, 0.29) is 6.10 Å². The van der Waals surface area contributed by atoms with Crippen molar-refractivity contribution in [3.05, 3.63) is 77.9 Å². The standard InChI is InChI=1S/C16H16O/c1-3-13-9-7-8-12-15(13)16(17-2)14-10-5-4-6-11-14/h3-12,16H,1H2,2H3. The van der Waals surface area contributed by atoms with Gasteiger partial charge in [-0.3, -0.25) is 0 Å². The second-order valence-corrected chi connectivity index (χ2v) is 3.86. The third-order valence-electron chi connectivity index (χ3n) is 2.84. The summed E-state index contributed by atoms with van der Waals surface area (Å²) in [5.74, 6) is 0. The minimum atomic E-state index is -0.0367. The molecule has 0 heterocycles. The maximum Gasteiger partial charge on any atom is 0.108 e. The highest BCUT2D eigenvalue weighted by Gasteiger charge is 2.14. The maximum absolute atomic E-state index is 5.62. The molecule has 2 aromatic rings. The minimum Gasteiger partial charge on any atom is -0.372 e. The minimum absolute atomic E-state index is 0.0367. The van der Waals surface area contributed by atoms with E-state index >= 15 is 0 Å². The lowest BCUT2D eigenvalue weighted by Crippen LogP contribution is -2.05. The lowest BCUT2D eigenvalue weighted by molar-refractivity contribution is 0.136. The lowest BCUT2D eigenvalue weighted by Gasteiger charge is -2.18. The molecule has 0 N–H and O–H groups in total. The zero-order valence-corrected chi connectivity index (χ0v) is 9.97. The smallest absolute Gasteiger partial charge is 0.108 e. The molecule has 0 bridgehead atoms. The first-order chi connectivity index (χ1) is 8.36. The Labute approximate surface area is 102 Å². The van der Waals surface area contributed by atoms with E-state index in [0.717, 1.165) is 16.7 Å². The van der Waals surface area contributed by atoms with Gasteiger partial charge in [0.2, 0.25) is 0 Å². The molecule has 0 aromatic heterocycles. The highest BCUT2D eigenvalue weighted by Crippen LogP contribution is 2.28. The van der Waals surface area contributed by atoms with Crippen molar-refractivity contribution in [3.63, 3.8) is 0 Å². The Hall–Kier alpha value is -1.86. The summed E-state index contributed by atoms with van der Waals surface area (Å²) in [4.78, 5) is 0. The van der Waals surface area contributed by atoms with E-state index in [2.05, 4.69) is 30.8 Å². The van der Waals surface area contributed by atoms with Crippen LogP contribution in [0.3, 0.4) is 0 Å². The van der Waals surface area contributed by atoms with Crippen molar-refractivity contribution in [2.45, 2.75) is 6.10 Å². The average molecular weight is 224 g/mol. The van der Waals surface area contributed by atoms with Crippen LogP contribution in [0.4, 0.5) is 0 Å².